The van der Waals surface area contributed by atoms with Crippen LogP contribution in [-0.2, 0) is 10.0 Å². The molecule has 1 fully saturated rings. The smallest absolute Gasteiger partial charge is 0.240 e. The first-order chi connectivity index (χ1) is 13.4. The largest absolute Gasteiger partial charge is 0.508 e. The summed E-state index contributed by atoms with van der Waals surface area (Å²) in [5.41, 5.74) is 0.814. The van der Waals surface area contributed by atoms with E-state index in [9.17, 15) is 18.6 Å². The van der Waals surface area contributed by atoms with E-state index in [-0.39, 0.29) is 28.4 Å². The van der Waals surface area contributed by atoms with Crippen molar-refractivity contribution in [2.45, 2.75) is 42.5 Å². The fourth-order valence-corrected chi connectivity index (χ4v) is 5.36. The SMILES string of the molecule is O=S(=O)(NC1CCC(c2ccc(O)cc2O)CC1)c1ccc2ccccc2c1. The summed E-state index contributed by atoms with van der Waals surface area (Å²) in [6.45, 7) is 0. The average Bonchev–Trinajstić information content (AvgIpc) is 2.68. The molecule has 1 saturated carbocycles. The summed E-state index contributed by atoms with van der Waals surface area (Å²) in [7, 11) is -3.58. The number of hydrogen-bond donors (Lipinski definition) is 3. The Morgan fingerprint density at radius 3 is 2.25 bits per heavy atom. The molecule has 3 aromatic rings. The van der Waals surface area contributed by atoms with Gasteiger partial charge >= 0.3 is 0 Å². The van der Waals surface area contributed by atoms with Gasteiger partial charge in [0, 0.05) is 12.1 Å². The van der Waals surface area contributed by atoms with Crippen molar-refractivity contribution < 1.29 is 18.6 Å². The Morgan fingerprint density at radius 1 is 0.821 bits per heavy atom. The quantitative estimate of drug-likeness (QED) is 0.614. The lowest BCUT2D eigenvalue weighted by atomic mass is 9.81. The third kappa shape index (κ3) is 3.84. The van der Waals surface area contributed by atoms with Gasteiger partial charge in [-0.25, -0.2) is 13.1 Å². The molecular weight excluding hydrogens is 374 g/mol. The summed E-state index contributed by atoms with van der Waals surface area (Å²) in [4.78, 5) is 0.282. The van der Waals surface area contributed by atoms with E-state index in [1.165, 1.54) is 6.07 Å². The molecular formula is C22H23NO4S. The van der Waals surface area contributed by atoms with E-state index < -0.39 is 10.0 Å². The molecule has 5 nitrogen and oxygen atoms in total. The zero-order chi connectivity index (χ0) is 19.7. The van der Waals surface area contributed by atoms with Gasteiger partial charge in [-0.1, -0.05) is 36.4 Å². The van der Waals surface area contributed by atoms with Crippen LogP contribution in [0.25, 0.3) is 10.8 Å². The van der Waals surface area contributed by atoms with Crippen molar-refractivity contribution in [3.8, 4) is 11.5 Å². The van der Waals surface area contributed by atoms with E-state index in [0.717, 1.165) is 29.2 Å². The lowest BCUT2D eigenvalue weighted by Gasteiger charge is -2.29. The third-order valence-electron chi connectivity index (χ3n) is 5.53. The van der Waals surface area contributed by atoms with Crippen molar-refractivity contribution in [1.82, 2.24) is 4.72 Å². The normalized spacial score (nSPS) is 20.3. The maximum absolute atomic E-state index is 12.8. The van der Waals surface area contributed by atoms with Gasteiger partial charge < -0.3 is 10.2 Å². The van der Waals surface area contributed by atoms with Crippen LogP contribution in [0.4, 0.5) is 0 Å². The van der Waals surface area contributed by atoms with Crippen LogP contribution in [0.15, 0.2) is 65.6 Å². The molecule has 28 heavy (non-hydrogen) atoms. The maximum Gasteiger partial charge on any atom is 0.240 e. The zero-order valence-corrected chi connectivity index (χ0v) is 16.2. The van der Waals surface area contributed by atoms with Crippen LogP contribution >= 0.6 is 0 Å². The first-order valence-electron chi connectivity index (χ1n) is 9.45. The van der Waals surface area contributed by atoms with Crippen molar-refractivity contribution in [2.24, 2.45) is 0 Å². The fourth-order valence-electron chi connectivity index (χ4n) is 4.02. The van der Waals surface area contributed by atoms with Gasteiger partial charge in [0.25, 0.3) is 0 Å². The van der Waals surface area contributed by atoms with Crippen LogP contribution < -0.4 is 4.72 Å². The van der Waals surface area contributed by atoms with Crippen LogP contribution in [0.3, 0.4) is 0 Å². The molecule has 6 heteroatoms. The van der Waals surface area contributed by atoms with Gasteiger partial charge in [-0.2, -0.15) is 0 Å². The van der Waals surface area contributed by atoms with Crippen molar-refractivity contribution in [3.05, 3.63) is 66.2 Å². The molecule has 4 rings (SSSR count). The molecule has 0 atom stereocenters. The molecule has 0 bridgehead atoms. The number of phenols is 2. The third-order valence-corrected chi connectivity index (χ3v) is 7.05. The highest BCUT2D eigenvalue weighted by molar-refractivity contribution is 7.89. The van der Waals surface area contributed by atoms with Gasteiger partial charge in [-0.15, -0.1) is 0 Å². The molecule has 3 N–H and O–H groups in total. The molecule has 0 aliphatic heterocycles. The van der Waals surface area contributed by atoms with Gasteiger partial charge in [-0.05, 0) is 66.1 Å². The first-order valence-corrected chi connectivity index (χ1v) is 10.9. The Balaban J connectivity index is 1.44. The molecule has 1 aliphatic carbocycles. The number of phenolic OH excluding ortho intramolecular Hbond substituents is 2. The number of rotatable bonds is 4. The Kier molecular flexibility index (Phi) is 5.00. The van der Waals surface area contributed by atoms with Gasteiger partial charge in [0.15, 0.2) is 0 Å². The monoisotopic (exact) mass is 397 g/mol. The lowest BCUT2D eigenvalue weighted by Crippen LogP contribution is -2.37. The number of benzene rings is 3. The van der Waals surface area contributed by atoms with Crippen LogP contribution in [0.1, 0.15) is 37.2 Å². The summed E-state index contributed by atoms with van der Waals surface area (Å²) in [6.07, 6.45) is 2.97. The summed E-state index contributed by atoms with van der Waals surface area (Å²) in [5.74, 6) is 0.306. The number of hydrogen-bond acceptors (Lipinski definition) is 4. The second-order valence-electron chi connectivity index (χ2n) is 7.42. The highest BCUT2D eigenvalue weighted by Crippen LogP contribution is 2.38. The predicted octanol–water partition coefficient (Wildman–Crippen LogP) is 4.26. The van der Waals surface area contributed by atoms with E-state index in [0.29, 0.717) is 12.8 Å². The highest BCUT2D eigenvalue weighted by atomic mass is 32.2. The lowest BCUT2D eigenvalue weighted by molar-refractivity contribution is 0.362. The molecule has 0 amide bonds. The molecule has 0 spiro atoms. The maximum atomic E-state index is 12.8. The summed E-state index contributed by atoms with van der Waals surface area (Å²) >= 11 is 0. The summed E-state index contributed by atoms with van der Waals surface area (Å²) in [6, 6.07) is 17.4. The van der Waals surface area contributed by atoms with Crippen molar-refractivity contribution in [3.63, 3.8) is 0 Å². The molecule has 3 aromatic carbocycles. The molecule has 0 heterocycles. The van der Waals surface area contributed by atoms with Crippen molar-refractivity contribution in [2.75, 3.05) is 0 Å². The van der Waals surface area contributed by atoms with Crippen LogP contribution in [-0.4, -0.2) is 24.7 Å². The molecule has 1 aliphatic rings. The minimum absolute atomic E-state index is 0.0399. The Morgan fingerprint density at radius 2 is 1.54 bits per heavy atom. The minimum atomic E-state index is -3.58. The average molecular weight is 397 g/mol. The minimum Gasteiger partial charge on any atom is -0.508 e. The predicted molar refractivity (Wildman–Crippen MR) is 109 cm³/mol. The fraction of sp³-hybridized carbons (Fsp3) is 0.273. The van der Waals surface area contributed by atoms with Crippen LogP contribution in [0.2, 0.25) is 0 Å². The summed E-state index contributed by atoms with van der Waals surface area (Å²) in [5, 5.41) is 21.4. The molecule has 0 radical (unpaired) electrons. The zero-order valence-electron chi connectivity index (χ0n) is 15.4. The van der Waals surface area contributed by atoms with E-state index in [1.54, 1.807) is 24.3 Å². The number of sulfonamides is 1. The van der Waals surface area contributed by atoms with Gasteiger partial charge in [0.05, 0.1) is 4.90 Å². The Labute approximate surface area is 164 Å². The second kappa shape index (κ2) is 7.45. The second-order valence-corrected chi connectivity index (χ2v) is 9.14. The van der Waals surface area contributed by atoms with Crippen LogP contribution in [0.5, 0.6) is 11.5 Å². The standard InChI is InChI=1S/C22H23NO4S/c24-19-10-12-21(22(25)14-19)16-5-8-18(9-6-16)23-28(26,27)20-11-7-15-3-1-2-4-17(15)13-20/h1-4,7,10-14,16,18,23-25H,5-6,8-9H2. The van der Waals surface area contributed by atoms with Gasteiger partial charge in [0.1, 0.15) is 11.5 Å². The summed E-state index contributed by atoms with van der Waals surface area (Å²) < 4.78 is 28.5. The topological polar surface area (TPSA) is 86.6 Å². The first kappa shape index (κ1) is 18.8. The van der Waals surface area contributed by atoms with Crippen molar-refractivity contribution in [1.29, 1.82) is 0 Å². The van der Waals surface area contributed by atoms with Gasteiger partial charge in [-0.3, -0.25) is 0 Å². The number of nitrogens with one attached hydrogen (secondary N) is 1. The van der Waals surface area contributed by atoms with E-state index in [2.05, 4.69) is 4.72 Å². The van der Waals surface area contributed by atoms with E-state index in [4.69, 9.17) is 0 Å². The van der Waals surface area contributed by atoms with Gasteiger partial charge in [0.2, 0.25) is 10.0 Å². The molecule has 0 saturated heterocycles. The van der Waals surface area contributed by atoms with Crippen molar-refractivity contribution >= 4 is 20.8 Å². The van der Waals surface area contributed by atoms with Crippen LogP contribution in [0, 0.1) is 0 Å². The Hall–Kier alpha value is -2.57. The molecule has 0 aromatic heterocycles. The molecule has 146 valence electrons. The number of fused-ring (bicyclic) bond motifs is 1. The highest BCUT2D eigenvalue weighted by Gasteiger charge is 2.27. The Bertz CT molecular complexity index is 1100. The number of aromatic hydroxyl groups is 2. The van der Waals surface area contributed by atoms with E-state index >= 15 is 0 Å². The molecule has 0 unspecified atom stereocenters. The van der Waals surface area contributed by atoms with E-state index in [1.807, 2.05) is 30.3 Å².